The van der Waals surface area contributed by atoms with Crippen molar-refractivity contribution < 1.29 is 35.9 Å². The van der Waals surface area contributed by atoms with Crippen molar-refractivity contribution >= 4 is 29.4 Å². The minimum absolute atomic E-state index is 0.0166. The summed E-state index contributed by atoms with van der Waals surface area (Å²) >= 11 is 6.47. The molecule has 1 atom stereocenters. The molecular weight excluding hydrogens is 562 g/mol. The van der Waals surface area contributed by atoms with Crippen LogP contribution in [0.25, 0.3) is 0 Å². The second kappa shape index (κ2) is 10.9. The van der Waals surface area contributed by atoms with Gasteiger partial charge in [0.2, 0.25) is 5.91 Å². The average Bonchev–Trinajstić information content (AvgIpc) is 2.85. The molecule has 1 aliphatic heterocycles. The highest BCUT2D eigenvalue weighted by molar-refractivity contribution is 6.31. The van der Waals surface area contributed by atoms with E-state index in [1.807, 2.05) is 0 Å². The number of benzene rings is 2. The van der Waals surface area contributed by atoms with E-state index in [1.165, 1.54) is 30.3 Å². The largest absolute Gasteiger partial charge is 0.416 e. The minimum Gasteiger partial charge on any atom is -0.351 e. The lowest BCUT2D eigenvalue weighted by atomic mass is 9.91. The van der Waals surface area contributed by atoms with E-state index in [1.54, 1.807) is 20.8 Å². The van der Waals surface area contributed by atoms with Gasteiger partial charge in [0.15, 0.2) is 5.66 Å². The molecule has 0 aromatic heterocycles. The molecule has 0 radical (unpaired) electrons. The van der Waals surface area contributed by atoms with Crippen LogP contribution in [0.3, 0.4) is 0 Å². The van der Waals surface area contributed by atoms with E-state index in [0.717, 1.165) is 19.9 Å². The number of hydrogen-bond acceptors (Lipinski definition) is 3. The molecule has 3 rings (SSSR count). The standard InChI is InChI=1S/C27H29ClF6N4O2/c1-6-25(19-11-15(7-10-20(19)28)13-35-22(39)24(4,5)27(32,33)34)37-21(36-23(40)38-25)16-8-9-18(26(29,30)31)17(12-16)14(2)3/h7-12,14H,6,13H2,1-5H3,(H,35,39)(H2,36,37,38,40). The third-order valence-corrected chi connectivity index (χ3v) is 7.15. The fourth-order valence-corrected chi connectivity index (χ4v) is 4.45. The first-order valence-corrected chi connectivity index (χ1v) is 12.7. The lowest BCUT2D eigenvalue weighted by molar-refractivity contribution is -0.211. The molecule has 0 spiro atoms. The van der Waals surface area contributed by atoms with Gasteiger partial charge in [-0.05, 0) is 61.6 Å². The van der Waals surface area contributed by atoms with Gasteiger partial charge in [0.25, 0.3) is 0 Å². The Morgan fingerprint density at radius 2 is 1.73 bits per heavy atom. The van der Waals surface area contributed by atoms with Crippen LogP contribution in [0, 0.1) is 5.41 Å². The molecular formula is C27H29ClF6N4O2. The molecule has 1 unspecified atom stereocenters. The van der Waals surface area contributed by atoms with E-state index in [-0.39, 0.29) is 35.0 Å². The highest BCUT2D eigenvalue weighted by Crippen LogP contribution is 2.39. The van der Waals surface area contributed by atoms with Crippen molar-refractivity contribution in [3.05, 3.63) is 69.2 Å². The van der Waals surface area contributed by atoms with Crippen LogP contribution in [-0.2, 0) is 23.2 Å². The lowest BCUT2D eigenvalue weighted by Gasteiger charge is -2.36. The van der Waals surface area contributed by atoms with Crippen LogP contribution < -0.4 is 16.0 Å². The fourth-order valence-electron chi connectivity index (χ4n) is 4.17. The Hall–Kier alpha value is -3.28. The van der Waals surface area contributed by atoms with Gasteiger partial charge in [-0.3, -0.25) is 10.1 Å². The van der Waals surface area contributed by atoms with E-state index in [4.69, 9.17) is 11.6 Å². The summed E-state index contributed by atoms with van der Waals surface area (Å²) < 4.78 is 80.4. The maximum atomic E-state index is 13.6. The summed E-state index contributed by atoms with van der Waals surface area (Å²) in [7, 11) is 0. The van der Waals surface area contributed by atoms with Crippen molar-refractivity contribution in [1.29, 1.82) is 0 Å². The molecule has 218 valence electrons. The molecule has 13 heteroatoms. The topological polar surface area (TPSA) is 82.6 Å². The van der Waals surface area contributed by atoms with Crippen molar-refractivity contribution in [3.8, 4) is 0 Å². The minimum atomic E-state index is -4.76. The van der Waals surface area contributed by atoms with Gasteiger partial charge in [-0.15, -0.1) is 0 Å². The van der Waals surface area contributed by atoms with E-state index in [9.17, 15) is 35.9 Å². The summed E-state index contributed by atoms with van der Waals surface area (Å²) in [6.45, 7) is 6.22. The normalized spacial score (nSPS) is 18.2. The first-order valence-electron chi connectivity index (χ1n) is 12.4. The van der Waals surface area contributed by atoms with Crippen molar-refractivity contribution in [2.45, 2.75) is 71.5 Å². The monoisotopic (exact) mass is 590 g/mol. The maximum absolute atomic E-state index is 13.6. The zero-order valence-electron chi connectivity index (χ0n) is 22.4. The van der Waals surface area contributed by atoms with Crippen molar-refractivity contribution in [2.24, 2.45) is 10.4 Å². The van der Waals surface area contributed by atoms with E-state index >= 15 is 0 Å². The molecule has 2 aromatic carbocycles. The number of carbonyl (C=O) groups is 2. The smallest absolute Gasteiger partial charge is 0.351 e. The number of nitrogens with zero attached hydrogens (tertiary/aromatic N) is 1. The number of urea groups is 1. The third kappa shape index (κ3) is 6.21. The summed E-state index contributed by atoms with van der Waals surface area (Å²) in [5, 5.41) is 7.69. The van der Waals surface area contributed by atoms with Gasteiger partial charge in [-0.2, -0.15) is 26.3 Å². The quantitative estimate of drug-likeness (QED) is 0.303. The molecule has 6 nitrogen and oxygen atoms in total. The molecule has 0 aliphatic carbocycles. The molecule has 3 amide bonds. The highest BCUT2D eigenvalue weighted by atomic mass is 35.5. The molecule has 0 fully saturated rings. The van der Waals surface area contributed by atoms with Crippen molar-refractivity contribution in [2.75, 3.05) is 0 Å². The Bertz CT molecular complexity index is 1340. The van der Waals surface area contributed by atoms with Gasteiger partial charge in [-0.25, -0.2) is 9.79 Å². The summed E-state index contributed by atoms with van der Waals surface area (Å²) in [5.74, 6) is -1.68. The number of nitrogens with one attached hydrogen (secondary N) is 3. The number of amidine groups is 1. The molecule has 0 bridgehead atoms. The predicted octanol–water partition coefficient (Wildman–Crippen LogP) is 7.01. The van der Waals surface area contributed by atoms with Gasteiger partial charge in [0.05, 0.1) is 5.56 Å². The second-order valence-electron chi connectivity index (χ2n) is 10.3. The molecule has 40 heavy (non-hydrogen) atoms. The maximum Gasteiger partial charge on any atom is 0.416 e. The Morgan fingerprint density at radius 3 is 2.27 bits per heavy atom. The number of aliphatic imine (C=N–C) groups is 1. The van der Waals surface area contributed by atoms with Crippen LogP contribution in [0.1, 0.15) is 74.8 Å². The van der Waals surface area contributed by atoms with Gasteiger partial charge < -0.3 is 10.6 Å². The predicted molar refractivity (Wildman–Crippen MR) is 139 cm³/mol. The van der Waals surface area contributed by atoms with E-state index in [0.29, 0.717) is 11.1 Å². The second-order valence-corrected chi connectivity index (χ2v) is 10.7. The molecule has 0 saturated heterocycles. The zero-order chi connectivity index (χ0) is 30.3. The molecule has 0 saturated carbocycles. The fraction of sp³-hybridized carbons (Fsp3) is 0.444. The van der Waals surface area contributed by atoms with Crippen molar-refractivity contribution in [1.82, 2.24) is 16.0 Å². The van der Waals surface area contributed by atoms with Crippen LogP contribution in [0.15, 0.2) is 41.4 Å². The molecule has 1 heterocycles. The van der Waals surface area contributed by atoms with Crippen LogP contribution in [0.2, 0.25) is 5.02 Å². The molecule has 2 aromatic rings. The number of amides is 3. The first kappa shape index (κ1) is 31.3. The van der Waals surface area contributed by atoms with Crippen LogP contribution in [0.4, 0.5) is 31.1 Å². The average molecular weight is 591 g/mol. The number of alkyl halides is 6. The van der Waals surface area contributed by atoms with E-state index < -0.39 is 46.9 Å². The van der Waals surface area contributed by atoms with Crippen LogP contribution >= 0.6 is 11.6 Å². The summed E-state index contributed by atoms with van der Waals surface area (Å²) in [4.78, 5) is 29.7. The highest BCUT2D eigenvalue weighted by Gasteiger charge is 2.52. The number of rotatable bonds is 7. The summed E-state index contributed by atoms with van der Waals surface area (Å²) in [6, 6.07) is 7.28. The number of hydrogen-bond donors (Lipinski definition) is 3. The Morgan fingerprint density at radius 1 is 1.07 bits per heavy atom. The van der Waals surface area contributed by atoms with Crippen LogP contribution in [0.5, 0.6) is 0 Å². The van der Waals surface area contributed by atoms with Gasteiger partial charge in [0.1, 0.15) is 11.3 Å². The number of halogens is 7. The Balaban J connectivity index is 2.03. The Labute approximate surface area is 232 Å². The summed E-state index contributed by atoms with van der Waals surface area (Å²) in [6.07, 6.45) is -9.16. The molecule has 3 N–H and O–H groups in total. The third-order valence-electron chi connectivity index (χ3n) is 6.82. The summed E-state index contributed by atoms with van der Waals surface area (Å²) in [5.41, 5.74) is -3.91. The molecule has 1 aliphatic rings. The zero-order valence-corrected chi connectivity index (χ0v) is 23.1. The number of carbonyl (C=O) groups excluding carboxylic acids is 2. The first-order chi connectivity index (χ1) is 18.3. The van der Waals surface area contributed by atoms with Crippen molar-refractivity contribution in [3.63, 3.8) is 0 Å². The van der Waals surface area contributed by atoms with Gasteiger partial charge in [0, 0.05) is 22.7 Å². The van der Waals surface area contributed by atoms with Gasteiger partial charge in [-0.1, -0.05) is 44.5 Å². The van der Waals surface area contributed by atoms with E-state index in [2.05, 4.69) is 20.9 Å². The van der Waals surface area contributed by atoms with Gasteiger partial charge >= 0.3 is 18.4 Å². The Kier molecular flexibility index (Phi) is 8.55. The lowest BCUT2D eigenvalue weighted by Crippen LogP contribution is -2.56. The SMILES string of the molecule is CCC1(c2cc(CNC(=O)C(C)(C)C(F)(F)F)ccc2Cl)N=C(c2ccc(C(F)(F)F)c(C(C)C)c2)NC(=O)N1. The van der Waals surface area contributed by atoms with Crippen LogP contribution in [-0.4, -0.2) is 24.0 Å².